The van der Waals surface area contributed by atoms with Crippen LogP contribution in [0, 0.1) is 0 Å². The minimum Gasteiger partial charge on any atom is -0.481 e. The Bertz CT molecular complexity index is 648. The first kappa shape index (κ1) is 22.8. The first-order valence-corrected chi connectivity index (χ1v) is 13.0. The molecule has 0 radical (unpaired) electrons. The molecule has 0 saturated heterocycles. The van der Waals surface area contributed by atoms with Crippen molar-refractivity contribution in [2.45, 2.75) is 51.8 Å². The molecule has 1 heterocycles. The number of nitrogens with one attached hydrogen (secondary N) is 1. The van der Waals surface area contributed by atoms with Gasteiger partial charge in [-0.15, -0.1) is 0 Å². The monoisotopic (exact) mass is 449 g/mol. The van der Waals surface area contributed by atoms with Crippen LogP contribution in [0.2, 0.25) is 25.7 Å². The molecule has 0 spiro atoms. The highest BCUT2D eigenvalue weighted by molar-refractivity contribution is 9.10. The number of rotatable bonds is 12. The summed E-state index contributed by atoms with van der Waals surface area (Å²) >= 11 is 3.30. The fourth-order valence-corrected chi connectivity index (χ4v) is 3.09. The van der Waals surface area contributed by atoms with E-state index in [2.05, 4.69) is 46.0 Å². The number of carbonyl (C=O) groups is 1. The molecule has 0 saturated carbocycles. The summed E-state index contributed by atoms with van der Waals surface area (Å²) in [6.07, 6.45) is 1.52. The Kier molecular flexibility index (Phi) is 9.48. The van der Waals surface area contributed by atoms with Gasteiger partial charge in [0.05, 0.1) is 31.5 Å². The van der Waals surface area contributed by atoms with Crippen molar-refractivity contribution in [1.29, 1.82) is 0 Å². The van der Waals surface area contributed by atoms with Crippen LogP contribution in [0.4, 0.5) is 5.69 Å². The Morgan fingerprint density at radius 2 is 2.08 bits per heavy atom. The van der Waals surface area contributed by atoms with Gasteiger partial charge in [0.2, 0.25) is 0 Å². The summed E-state index contributed by atoms with van der Waals surface area (Å²) in [5.74, 6) is -0.895. The van der Waals surface area contributed by atoms with Crippen LogP contribution in [0.1, 0.15) is 13.3 Å². The van der Waals surface area contributed by atoms with Crippen LogP contribution in [0.15, 0.2) is 15.5 Å². The lowest BCUT2D eigenvalue weighted by molar-refractivity contribution is -0.138. The number of anilines is 1. The summed E-state index contributed by atoms with van der Waals surface area (Å²) in [6, 6.07) is 0.923. The summed E-state index contributed by atoms with van der Waals surface area (Å²) < 4.78 is 12.5. The molecule has 8 nitrogen and oxygen atoms in total. The number of hydrogen-bond acceptors (Lipinski definition) is 6. The first-order valence-electron chi connectivity index (χ1n) is 8.49. The largest absolute Gasteiger partial charge is 0.481 e. The lowest BCUT2D eigenvalue weighted by Crippen LogP contribution is -2.29. The smallest absolute Gasteiger partial charge is 0.305 e. The molecule has 1 aromatic heterocycles. The second-order valence-corrected chi connectivity index (χ2v) is 13.7. The normalized spacial score (nSPS) is 12.8. The van der Waals surface area contributed by atoms with Gasteiger partial charge in [0.25, 0.3) is 5.56 Å². The number of aliphatic carboxylic acids is 1. The SMILES string of the molecule is CC(COCCC(=O)O)Nc1cnn(COCC[Si](C)(C)C)c(=O)c1Br. The Morgan fingerprint density at radius 3 is 2.69 bits per heavy atom. The van der Waals surface area contributed by atoms with E-state index >= 15 is 0 Å². The highest BCUT2D eigenvalue weighted by atomic mass is 79.9. The van der Waals surface area contributed by atoms with Crippen molar-refractivity contribution in [2.75, 3.05) is 25.1 Å². The predicted molar refractivity (Wildman–Crippen MR) is 106 cm³/mol. The zero-order valence-corrected chi connectivity index (χ0v) is 18.3. The van der Waals surface area contributed by atoms with Crippen molar-refractivity contribution < 1.29 is 19.4 Å². The molecule has 26 heavy (non-hydrogen) atoms. The van der Waals surface area contributed by atoms with E-state index in [9.17, 15) is 9.59 Å². The maximum absolute atomic E-state index is 12.3. The number of nitrogens with zero attached hydrogens (tertiary/aromatic N) is 2. The van der Waals surface area contributed by atoms with Gasteiger partial charge in [0.1, 0.15) is 11.2 Å². The number of hydrogen-bond donors (Lipinski definition) is 2. The van der Waals surface area contributed by atoms with Crippen LogP contribution in [0.5, 0.6) is 0 Å². The minimum atomic E-state index is -1.16. The van der Waals surface area contributed by atoms with Crippen LogP contribution in [-0.2, 0) is 21.0 Å². The van der Waals surface area contributed by atoms with Gasteiger partial charge in [-0.2, -0.15) is 5.10 Å². The van der Waals surface area contributed by atoms with Gasteiger partial charge in [0, 0.05) is 20.7 Å². The lowest BCUT2D eigenvalue weighted by atomic mass is 10.3. The summed E-state index contributed by atoms with van der Waals surface area (Å²) in [6.45, 7) is 9.89. The molecule has 0 aromatic carbocycles. The number of halogens is 1. The van der Waals surface area contributed by atoms with Crippen molar-refractivity contribution in [3.05, 3.63) is 21.0 Å². The molecule has 10 heteroatoms. The van der Waals surface area contributed by atoms with Crippen LogP contribution in [-0.4, -0.2) is 54.8 Å². The van der Waals surface area contributed by atoms with Gasteiger partial charge in [-0.1, -0.05) is 19.6 Å². The number of ether oxygens (including phenoxy) is 2. The molecule has 2 N–H and O–H groups in total. The summed E-state index contributed by atoms with van der Waals surface area (Å²) in [5.41, 5.74) is 0.282. The van der Waals surface area contributed by atoms with Gasteiger partial charge in [-0.3, -0.25) is 9.59 Å². The van der Waals surface area contributed by atoms with Gasteiger partial charge < -0.3 is 19.9 Å². The van der Waals surface area contributed by atoms with Crippen LogP contribution in [0.3, 0.4) is 0 Å². The highest BCUT2D eigenvalue weighted by Crippen LogP contribution is 2.17. The predicted octanol–water partition coefficient (Wildman–Crippen LogP) is 2.61. The zero-order chi connectivity index (χ0) is 19.7. The minimum absolute atomic E-state index is 0.0360. The first-order chi connectivity index (χ1) is 12.1. The van der Waals surface area contributed by atoms with E-state index in [0.29, 0.717) is 23.4 Å². The third-order valence-corrected chi connectivity index (χ3v) is 5.90. The second-order valence-electron chi connectivity index (χ2n) is 7.29. The number of carboxylic acids is 1. The topological polar surface area (TPSA) is 103 Å². The molecule has 1 rings (SSSR count). The molecule has 0 amide bonds. The molecule has 0 aliphatic heterocycles. The van der Waals surface area contributed by atoms with E-state index in [4.69, 9.17) is 14.6 Å². The third-order valence-electron chi connectivity index (χ3n) is 3.42. The lowest BCUT2D eigenvalue weighted by Gasteiger charge is -2.17. The molecule has 1 atom stereocenters. The summed E-state index contributed by atoms with van der Waals surface area (Å²) in [4.78, 5) is 22.8. The Hall–Kier alpha value is -1.23. The Labute approximate surface area is 163 Å². The van der Waals surface area contributed by atoms with Crippen molar-refractivity contribution in [3.63, 3.8) is 0 Å². The summed E-state index contributed by atoms with van der Waals surface area (Å²) in [5, 5.41) is 15.8. The van der Waals surface area contributed by atoms with E-state index < -0.39 is 14.0 Å². The molecule has 0 fully saturated rings. The second kappa shape index (κ2) is 10.8. The van der Waals surface area contributed by atoms with Gasteiger partial charge >= 0.3 is 5.97 Å². The Balaban J connectivity index is 2.52. The third kappa shape index (κ3) is 8.92. The van der Waals surface area contributed by atoms with E-state index in [1.54, 1.807) is 6.20 Å². The van der Waals surface area contributed by atoms with Crippen LogP contribution < -0.4 is 10.9 Å². The zero-order valence-electron chi connectivity index (χ0n) is 15.7. The van der Waals surface area contributed by atoms with Crippen molar-refractivity contribution >= 4 is 35.7 Å². The van der Waals surface area contributed by atoms with E-state index in [1.165, 1.54) is 4.68 Å². The molecule has 0 aliphatic carbocycles. The maximum atomic E-state index is 12.3. The highest BCUT2D eigenvalue weighted by Gasteiger charge is 2.14. The fourth-order valence-electron chi connectivity index (χ4n) is 1.91. The van der Waals surface area contributed by atoms with Gasteiger partial charge in [0.15, 0.2) is 0 Å². The average molecular weight is 450 g/mol. The van der Waals surface area contributed by atoms with E-state index in [-0.39, 0.29) is 31.4 Å². The van der Waals surface area contributed by atoms with Crippen LogP contribution in [0.25, 0.3) is 0 Å². The number of carboxylic acid groups (broad SMARTS) is 1. The standard InChI is InChI=1S/C16H28BrN3O5Si/c1-12(10-24-6-5-14(21)22)19-13-9-18-20(16(23)15(13)17)11-25-7-8-26(2,3)4/h9,12,19H,5-8,10-11H2,1-4H3,(H,21,22). The maximum Gasteiger partial charge on any atom is 0.305 e. The molecule has 148 valence electrons. The van der Waals surface area contributed by atoms with Crippen molar-refractivity contribution in [1.82, 2.24) is 9.78 Å². The van der Waals surface area contributed by atoms with Gasteiger partial charge in [-0.05, 0) is 28.9 Å². The molecule has 1 unspecified atom stereocenters. The summed E-state index contributed by atoms with van der Waals surface area (Å²) in [7, 11) is -1.16. The molecular formula is C16H28BrN3O5Si. The molecular weight excluding hydrogens is 422 g/mol. The average Bonchev–Trinajstić information content (AvgIpc) is 2.53. The van der Waals surface area contributed by atoms with Gasteiger partial charge in [-0.25, -0.2) is 4.68 Å². The van der Waals surface area contributed by atoms with E-state index in [1.807, 2.05) is 6.92 Å². The molecule has 0 aliphatic rings. The quantitative estimate of drug-likeness (QED) is 0.373. The molecule has 1 aromatic rings. The number of aromatic nitrogens is 2. The fraction of sp³-hybridized carbons (Fsp3) is 0.688. The Morgan fingerprint density at radius 1 is 1.38 bits per heavy atom. The van der Waals surface area contributed by atoms with Crippen LogP contribution >= 0.6 is 15.9 Å². The molecule has 0 bridgehead atoms. The van der Waals surface area contributed by atoms with Crippen molar-refractivity contribution in [2.24, 2.45) is 0 Å². The van der Waals surface area contributed by atoms with E-state index in [0.717, 1.165) is 6.04 Å². The van der Waals surface area contributed by atoms with Crippen molar-refractivity contribution in [3.8, 4) is 0 Å².